The van der Waals surface area contributed by atoms with Crippen LogP contribution in [0.1, 0.15) is 126 Å². The number of allylic oxidation sites excluding steroid dienone is 4. The smallest absolute Gasteiger partial charge is 0.657 e. The zero-order chi connectivity index (χ0) is 53.2. The number of benzene rings is 3. The summed E-state index contributed by atoms with van der Waals surface area (Å²) in [6.07, 6.45) is 13.0. The number of hydrogen-bond donors (Lipinski definition) is 0. The summed E-state index contributed by atoms with van der Waals surface area (Å²) in [4.78, 5) is 33.7. The van der Waals surface area contributed by atoms with E-state index in [1.165, 1.54) is 44.5 Å². The van der Waals surface area contributed by atoms with Gasteiger partial charge in [0, 0.05) is 18.6 Å². The molecule has 0 N–H and O–H groups in total. The number of nitrogens with zero attached hydrogens (tertiary/aromatic N) is 7. The minimum atomic E-state index is 0. The van der Waals surface area contributed by atoms with Crippen LogP contribution in [0, 0.1) is 18.2 Å². The van der Waals surface area contributed by atoms with Crippen molar-refractivity contribution in [1.82, 2.24) is 34.9 Å². The van der Waals surface area contributed by atoms with Crippen LogP contribution in [0.5, 0.6) is 0 Å². The minimum absolute atomic E-state index is 0. The topological polar surface area (TPSA) is 92.7 Å². The van der Waals surface area contributed by atoms with Crippen molar-refractivity contribution < 1.29 is 41.2 Å². The fourth-order valence-electron chi connectivity index (χ4n) is 10.1. The molecular weight excluding hydrogens is 1310 g/mol. The van der Waals surface area contributed by atoms with Gasteiger partial charge in [-0.15, -0.1) is 130 Å². The van der Waals surface area contributed by atoms with Gasteiger partial charge in [0.15, 0.2) is 0 Å². The van der Waals surface area contributed by atoms with Crippen molar-refractivity contribution in [2.75, 3.05) is 0 Å². The molecule has 0 spiro atoms. The van der Waals surface area contributed by atoms with Gasteiger partial charge in [-0.05, 0) is 109 Å². The Balaban J connectivity index is 0.000000207. The van der Waals surface area contributed by atoms with Gasteiger partial charge in [-0.3, -0.25) is 0 Å². The average Bonchev–Trinajstić information content (AvgIpc) is 4.22. The minimum Gasteiger partial charge on any atom is -0.657 e. The van der Waals surface area contributed by atoms with Gasteiger partial charge in [0.25, 0.3) is 0 Å². The fraction of sp³-hybridized carbons (Fsp3) is 0.232. The third-order valence-corrected chi connectivity index (χ3v) is 13.8. The summed E-state index contributed by atoms with van der Waals surface area (Å²) in [6, 6.07) is 59.4. The number of rotatable bonds is 11. The maximum Gasteiger partial charge on any atom is 3.00 e. The van der Waals surface area contributed by atoms with Crippen LogP contribution in [0.2, 0.25) is 0 Å². The average molecular weight is 1380 g/mol. The molecule has 7 nitrogen and oxygen atoms in total. The van der Waals surface area contributed by atoms with E-state index in [0.29, 0.717) is 0 Å². The Morgan fingerprint density at radius 2 is 0.577 bits per heavy atom. The summed E-state index contributed by atoms with van der Waals surface area (Å²) in [6.45, 7) is 17.9. The van der Waals surface area contributed by atoms with Crippen molar-refractivity contribution >= 4 is 44.4 Å². The fourth-order valence-corrected chi connectivity index (χ4v) is 10.1. The van der Waals surface area contributed by atoms with Gasteiger partial charge >= 0.3 is 41.2 Å². The molecule has 2 aliphatic heterocycles. The maximum absolute atomic E-state index is 5.25. The second-order valence-electron chi connectivity index (χ2n) is 18.2. The molecule has 0 atom stereocenters. The zero-order valence-corrected chi connectivity index (χ0v) is 50.8. The van der Waals surface area contributed by atoms with Crippen LogP contribution in [0.25, 0.3) is 78.1 Å². The van der Waals surface area contributed by atoms with E-state index in [1.54, 1.807) is 18.6 Å². The van der Waals surface area contributed by atoms with E-state index in [1.807, 2.05) is 127 Å². The predicted molar refractivity (Wildman–Crippen MR) is 317 cm³/mol. The van der Waals surface area contributed by atoms with Crippen LogP contribution in [-0.2, 0) is 66.9 Å². The first-order valence-electron chi connectivity index (χ1n) is 27.1. The molecule has 0 aliphatic carbocycles. The maximum atomic E-state index is 5.25. The molecule has 0 saturated heterocycles. The molecule has 9 heteroatoms. The molecule has 9 aromatic rings. The molecule has 0 saturated carbocycles. The first kappa shape index (κ1) is 60.3. The summed E-state index contributed by atoms with van der Waals surface area (Å²) in [5.41, 5.74) is 25.2. The van der Waals surface area contributed by atoms with E-state index in [9.17, 15) is 0 Å². The van der Waals surface area contributed by atoms with Crippen LogP contribution >= 0.6 is 0 Å². The molecule has 78 heavy (non-hydrogen) atoms. The molecule has 3 aromatic carbocycles. The molecule has 398 valence electrons. The molecular formula is C69H68IrN7Pt. The van der Waals surface area contributed by atoms with Crippen molar-refractivity contribution in [3.05, 3.63) is 233 Å². The Bertz CT molecular complexity index is 3010. The molecule has 0 unspecified atom stereocenters. The number of aromatic nitrogens is 7. The Labute approximate surface area is 491 Å². The zero-order valence-electron chi connectivity index (χ0n) is 46.1. The third-order valence-electron chi connectivity index (χ3n) is 13.8. The molecule has 8 bridgehead atoms. The molecule has 2 aliphatic rings. The van der Waals surface area contributed by atoms with Gasteiger partial charge in [0.2, 0.25) is 0 Å². The Morgan fingerprint density at radius 1 is 0.321 bits per heavy atom. The van der Waals surface area contributed by atoms with Crippen molar-refractivity contribution in [1.29, 1.82) is 0 Å². The molecule has 6 aromatic heterocycles. The molecule has 0 amide bonds. The summed E-state index contributed by atoms with van der Waals surface area (Å²) in [5, 5.41) is 0. The van der Waals surface area contributed by atoms with Crippen LogP contribution in [0.15, 0.2) is 170 Å². The van der Waals surface area contributed by atoms with E-state index >= 15 is 0 Å². The van der Waals surface area contributed by atoms with Gasteiger partial charge in [-0.25, -0.2) is 9.97 Å². The van der Waals surface area contributed by atoms with Crippen LogP contribution in [-0.4, -0.2) is 24.9 Å². The summed E-state index contributed by atoms with van der Waals surface area (Å²) in [5.74, 6) is 0. The third kappa shape index (κ3) is 14.4. The van der Waals surface area contributed by atoms with E-state index < -0.39 is 0 Å². The van der Waals surface area contributed by atoms with Crippen molar-refractivity contribution in [2.45, 2.75) is 107 Å². The van der Waals surface area contributed by atoms with Gasteiger partial charge in [0.1, 0.15) is 0 Å². The van der Waals surface area contributed by atoms with Crippen molar-refractivity contribution in [3.63, 3.8) is 0 Å². The molecule has 0 fully saturated rings. The van der Waals surface area contributed by atoms with Crippen molar-refractivity contribution in [3.8, 4) is 33.8 Å². The van der Waals surface area contributed by atoms with Crippen LogP contribution < -0.4 is 9.97 Å². The van der Waals surface area contributed by atoms with Crippen LogP contribution in [0.4, 0.5) is 0 Å². The van der Waals surface area contributed by atoms with Gasteiger partial charge in [-0.2, -0.15) is 0 Å². The quantitative estimate of drug-likeness (QED) is 0.119. The number of fused-ring (bicyclic) bond motifs is 8. The summed E-state index contributed by atoms with van der Waals surface area (Å²) >= 11 is 0. The van der Waals surface area contributed by atoms with Gasteiger partial charge in [-0.1, -0.05) is 138 Å². The SMILES string of the molecule is CCC1=C(CC)c2cc3[n-]c(cc4nc(cc5[n-]c(cc1n2)c(CC)c5CC)C(CC)=C4CC)c(CC)c3CC.[Ir+3].[Pt+2].[c-]1ccccc1-c1ccccn1.[c-]1ccccc1-c1ccccn1.[c-]1ccccc1-c1ccccn1. The summed E-state index contributed by atoms with van der Waals surface area (Å²) < 4.78 is 0. The van der Waals surface area contributed by atoms with E-state index in [-0.39, 0.29) is 41.2 Å². The van der Waals surface area contributed by atoms with E-state index in [4.69, 9.17) is 19.9 Å². The second-order valence-corrected chi connectivity index (χ2v) is 18.2. The molecule has 11 rings (SSSR count). The Hall–Kier alpha value is -6.95. The number of aryl methyl sites for hydroxylation is 4. The largest absolute Gasteiger partial charge is 3.00 e. The molecule has 0 radical (unpaired) electrons. The van der Waals surface area contributed by atoms with Gasteiger partial charge in [0.05, 0.1) is 22.8 Å². The first-order valence-corrected chi connectivity index (χ1v) is 27.1. The number of hydrogen-bond acceptors (Lipinski definition) is 5. The van der Waals surface area contributed by atoms with E-state index in [0.717, 1.165) is 130 Å². The van der Waals surface area contributed by atoms with E-state index in [2.05, 4.69) is 113 Å². The molecule has 8 heterocycles. The second kappa shape index (κ2) is 30.3. The summed E-state index contributed by atoms with van der Waals surface area (Å²) in [7, 11) is 0. The Morgan fingerprint density at radius 3 is 0.769 bits per heavy atom. The first-order chi connectivity index (χ1) is 37.4. The number of pyridine rings is 3. The standard InChI is InChI=1S/C36H44N4.3C11H8N.Ir.Pt/c1-9-21-22(10-2)30-18-32-25(13-5)26(14-6)34(39-32)20-36-28(16-8)27(15-7)35(40-36)19-33-24(12-4)23(11-3)31(38-33)17-29(21)37-30;3*1-2-6-10(7-3-1)11-8-4-5-9-12-11;;/h17-20H,9-16H2,1-8H3;3*1-6,8-9H;;/q-2;3*-1;+3;+2. The Kier molecular flexibility index (Phi) is 23.4. The normalized spacial score (nSPS) is 11.4. The predicted octanol–water partition coefficient (Wildman–Crippen LogP) is 16.9. The monoisotopic (exact) mass is 1380 g/mol. The van der Waals surface area contributed by atoms with Gasteiger partial charge < -0.3 is 24.9 Å². The van der Waals surface area contributed by atoms with Crippen molar-refractivity contribution in [2.24, 2.45) is 0 Å². The van der Waals surface area contributed by atoms with Crippen LogP contribution in [0.3, 0.4) is 0 Å².